The zero-order chi connectivity index (χ0) is 41.7. The monoisotopic (exact) mass is 823 g/mol. The molecule has 2 fully saturated rings. The van der Waals surface area contributed by atoms with Crippen molar-refractivity contribution in [2.24, 2.45) is 5.73 Å². The molecule has 0 radical (unpaired) electrons. The van der Waals surface area contributed by atoms with Crippen molar-refractivity contribution >= 4 is 34.7 Å². The Balaban J connectivity index is 1.35. The van der Waals surface area contributed by atoms with Crippen molar-refractivity contribution in [2.45, 2.75) is 94.5 Å². The van der Waals surface area contributed by atoms with Crippen molar-refractivity contribution in [1.82, 2.24) is 15.1 Å². The Morgan fingerprint density at radius 1 is 1.12 bits per heavy atom. The van der Waals surface area contributed by atoms with Crippen LogP contribution in [0.25, 0.3) is 11.0 Å². The zero-order valence-corrected chi connectivity index (χ0v) is 35.0. The van der Waals surface area contributed by atoms with E-state index in [1.54, 1.807) is 7.11 Å². The highest BCUT2D eigenvalue weighted by Gasteiger charge is 2.61. The Bertz CT molecular complexity index is 2450. The number of thioether (sulfide) groups is 1. The maximum atomic E-state index is 15.1. The summed E-state index contributed by atoms with van der Waals surface area (Å²) in [7, 11) is 3.54. The summed E-state index contributed by atoms with van der Waals surface area (Å²) in [5.74, 6) is 1.14. The lowest BCUT2D eigenvalue weighted by atomic mass is 9.75. The number of para-hydroxylation sites is 1. The van der Waals surface area contributed by atoms with Gasteiger partial charge in [0, 0.05) is 70.6 Å². The van der Waals surface area contributed by atoms with Crippen molar-refractivity contribution in [3.63, 3.8) is 0 Å². The number of furan rings is 1. The molecule has 4 N–H and O–H groups in total. The molecule has 1 spiro atoms. The van der Waals surface area contributed by atoms with Gasteiger partial charge >= 0.3 is 11.9 Å². The molecule has 2 saturated heterocycles. The largest absolute Gasteiger partial charge is 0.504 e. The number of piperazine rings is 1. The number of aryl methyl sites for hydroxylation is 2. The number of esters is 2. The fraction of sp³-hybridized carbons (Fsp3) is 0.477. The van der Waals surface area contributed by atoms with Gasteiger partial charge in [-0.15, -0.1) is 11.8 Å². The minimum atomic E-state index is -1.47. The standard InChI is InChI=1S/C44H49N5O9S/c1-8-27-28(16-46)49-29-17-54-43(52)44(42-26(14-24(15-45)47-44)25-11-9-10-12-30(25)58-42)18-59-41(33-32(29)40-39(55-19-56-40)22(4)38(33)57-23(5)50)35(49)34(48(27)6)31-20(2)13-21(3)37(53-7)36(31)51/h9-13,24,27-29,34-35,41,47,51H,8,14-15,17-19,45H2,1-7H3/t24-,27+,28+,29+,34-,35?,41-,44-/m1/s1. The van der Waals surface area contributed by atoms with Crippen LogP contribution in [0.4, 0.5) is 0 Å². The third-order valence-corrected chi connectivity index (χ3v) is 14.6. The van der Waals surface area contributed by atoms with Gasteiger partial charge in [-0.25, -0.2) is 4.79 Å². The Kier molecular flexibility index (Phi) is 9.79. The molecule has 8 atom stereocenters. The number of aromatic hydroxyl groups is 1. The number of phenolic OH excluding ortho intramolecular Hbond substituents is 1. The number of hydrogen-bond donors (Lipinski definition) is 3. The molecule has 6 aliphatic heterocycles. The smallest absolute Gasteiger partial charge is 0.335 e. The lowest BCUT2D eigenvalue weighted by molar-refractivity contribution is -0.158. The number of methoxy groups -OCH3 is 1. The number of rotatable bonds is 5. The fourth-order valence-corrected chi connectivity index (χ4v) is 12.4. The summed E-state index contributed by atoms with van der Waals surface area (Å²) in [6.07, 6.45) is 1.15. The molecular weight excluding hydrogens is 775 g/mol. The number of nitriles is 1. The molecule has 0 saturated carbocycles. The van der Waals surface area contributed by atoms with Crippen LogP contribution in [0.2, 0.25) is 0 Å². The van der Waals surface area contributed by atoms with Crippen LogP contribution in [0.5, 0.6) is 28.7 Å². The normalized spacial score (nSPS) is 28.7. The van der Waals surface area contributed by atoms with Crippen molar-refractivity contribution in [3.05, 3.63) is 75.0 Å². The highest BCUT2D eigenvalue weighted by atomic mass is 32.2. The summed E-state index contributed by atoms with van der Waals surface area (Å²) in [6, 6.07) is 9.17. The third-order valence-electron chi connectivity index (χ3n) is 13.1. The van der Waals surface area contributed by atoms with Crippen molar-refractivity contribution in [2.75, 3.05) is 39.9 Å². The molecule has 14 nitrogen and oxygen atoms in total. The van der Waals surface area contributed by atoms with Crippen molar-refractivity contribution in [1.29, 1.82) is 5.26 Å². The van der Waals surface area contributed by atoms with E-state index in [0.717, 1.165) is 22.1 Å². The molecule has 0 aliphatic carbocycles. The molecular formula is C44H49N5O9S. The lowest BCUT2D eigenvalue weighted by Crippen LogP contribution is -2.68. The predicted molar refractivity (Wildman–Crippen MR) is 219 cm³/mol. The van der Waals surface area contributed by atoms with Crippen LogP contribution in [0, 0.1) is 32.1 Å². The van der Waals surface area contributed by atoms with Crippen LogP contribution in [-0.4, -0.2) is 90.9 Å². The first-order chi connectivity index (χ1) is 28.4. The van der Waals surface area contributed by atoms with E-state index in [0.29, 0.717) is 69.4 Å². The highest BCUT2D eigenvalue weighted by molar-refractivity contribution is 7.99. The summed E-state index contributed by atoms with van der Waals surface area (Å²) in [4.78, 5) is 32.5. The summed E-state index contributed by atoms with van der Waals surface area (Å²) in [5.41, 5.74) is 10.7. The second-order valence-electron chi connectivity index (χ2n) is 16.3. The van der Waals surface area contributed by atoms with Gasteiger partial charge in [0.05, 0.1) is 30.5 Å². The molecule has 15 heteroatoms. The second-order valence-corrected chi connectivity index (χ2v) is 17.4. The van der Waals surface area contributed by atoms with Crippen molar-refractivity contribution in [3.8, 4) is 34.8 Å². The topological polar surface area (TPSA) is 182 Å². The fourth-order valence-electron chi connectivity index (χ4n) is 10.8. The molecule has 6 aliphatic rings. The molecule has 0 amide bonds. The summed E-state index contributed by atoms with van der Waals surface area (Å²) in [6.45, 7) is 9.11. The Labute approximate surface area is 346 Å². The molecule has 10 rings (SSSR count). The molecule has 2 bridgehead atoms. The van der Waals surface area contributed by atoms with Gasteiger partial charge in [-0.1, -0.05) is 31.2 Å². The number of nitrogens with one attached hydrogen (secondary N) is 1. The van der Waals surface area contributed by atoms with Gasteiger partial charge in [-0.2, -0.15) is 5.26 Å². The van der Waals surface area contributed by atoms with Crippen LogP contribution in [0.1, 0.15) is 82.3 Å². The predicted octanol–water partition coefficient (Wildman–Crippen LogP) is 5.51. The first-order valence-corrected chi connectivity index (χ1v) is 21.1. The van der Waals surface area contributed by atoms with E-state index in [1.165, 1.54) is 18.7 Å². The van der Waals surface area contributed by atoms with Gasteiger partial charge in [0.15, 0.2) is 28.5 Å². The highest BCUT2D eigenvalue weighted by Crippen LogP contribution is 2.64. The quantitative estimate of drug-likeness (QED) is 0.169. The maximum Gasteiger partial charge on any atom is 0.335 e. The van der Waals surface area contributed by atoms with Gasteiger partial charge in [0.25, 0.3) is 0 Å². The first-order valence-electron chi connectivity index (χ1n) is 20.1. The van der Waals surface area contributed by atoms with E-state index in [9.17, 15) is 15.2 Å². The number of benzene rings is 3. The lowest BCUT2D eigenvalue weighted by Gasteiger charge is -2.60. The first kappa shape index (κ1) is 39.5. The number of hydrogen-bond acceptors (Lipinski definition) is 15. The second kappa shape index (κ2) is 14.6. The van der Waals surface area contributed by atoms with E-state index in [1.807, 2.05) is 65.1 Å². The summed E-state index contributed by atoms with van der Waals surface area (Å²) < 4.78 is 37.6. The number of ether oxygens (including phenoxy) is 5. The van der Waals surface area contributed by atoms with Gasteiger partial charge < -0.3 is 38.9 Å². The Morgan fingerprint density at radius 2 is 1.88 bits per heavy atom. The van der Waals surface area contributed by atoms with Crippen LogP contribution in [0.15, 0.2) is 34.7 Å². The van der Waals surface area contributed by atoms with Gasteiger partial charge in [0.2, 0.25) is 6.79 Å². The van der Waals surface area contributed by atoms with E-state index in [4.69, 9.17) is 33.8 Å². The van der Waals surface area contributed by atoms with Gasteiger partial charge in [0.1, 0.15) is 29.7 Å². The Hall–Kier alpha value is -4.98. The molecule has 1 aromatic heterocycles. The molecule has 7 heterocycles. The number of nitrogens with zero attached hydrogens (tertiary/aromatic N) is 3. The van der Waals surface area contributed by atoms with Crippen LogP contribution < -0.4 is 30.0 Å². The number of fused-ring (bicyclic) bond motifs is 7. The van der Waals surface area contributed by atoms with Crippen LogP contribution in [-0.2, 0) is 26.3 Å². The summed E-state index contributed by atoms with van der Waals surface area (Å²) in [5, 5.41) is 27.4. The number of likely N-dealkylation sites (N-methyl/N-ethyl adjacent to an activating group) is 1. The van der Waals surface area contributed by atoms with Crippen molar-refractivity contribution < 1.29 is 42.8 Å². The van der Waals surface area contributed by atoms with E-state index >= 15 is 4.79 Å². The van der Waals surface area contributed by atoms with E-state index < -0.39 is 46.9 Å². The van der Waals surface area contributed by atoms with Crippen LogP contribution in [0.3, 0.4) is 0 Å². The van der Waals surface area contributed by atoms with Gasteiger partial charge in [-0.05, 0) is 57.9 Å². The zero-order valence-electron chi connectivity index (χ0n) is 34.2. The molecule has 59 heavy (non-hydrogen) atoms. The molecule has 3 aromatic carbocycles. The number of phenols is 1. The number of carbonyl (C=O) groups is 2. The Morgan fingerprint density at radius 3 is 2.59 bits per heavy atom. The number of carbonyl (C=O) groups excluding carboxylic acids is 2. The average Bonchev–Trinajstić information content (AvgIpc) is 3.86. The van der Waals surface area contributed by atoms with E-state index in [2.05, 4.69) is 21.2 Å². The minimum absolute atomic E-state index is 0.0156. The molecule has 1 unspecified atom stereocenters. The summed E-state index contributed by atoms with van der Waals surface area (Å²) >= 11 is 1.48. The number of nitrogens with two attached hydrogens (primary N) is 1. The third kappa shape index (κ3) is 5.67. The SMILES string of the molecule is CC[C@H]1[C@H](C#N)N2C([C@@H]3SC[C@]4(N[C@@H](CN)Cc5c4oc4ccccc54)C(=O)OC[C@H]2c2c4c(c(C)c(OC(C)=O)c23)OCO4)[C@@H](c2c(C)cc(C)c(OC)c2O)N1C. The minimum Gasteiger partial charge on any atom is -0.504 e. The average molecular weight is 824 g/mol. The van der Waals surface area contributed by atoms with Gasteiger partial charge in [-0.3, -0.25) is 19.9 Å². The maximum absolute atomic E-state index is 15.1. The molecule has 310 valence electrons. The van der Waals surface area contributed by atoms with E-state index in [-0.39, 0.29) is 43.5 Å². The molecule has 4 aromatic rings. The van der Waals surface area contributed by atoms with Crippen LogP contribution >= 0.6 is 11.8 Å².